The second-order valence-corrected chi connectivity index (χ2v) is 6.82. The molecule has 118 valence electrons. The zero-order valence-corrected chi connectivity index (χ0v) is 13.6. The Morgan fingerprint density at radius 1 is 1.59 bits per heavy atom. The number of aromatic nitrogens is 2. The average Bonchev–Trinajstić information content (AvgIpc) is 3.24. The quantitative estimate of drug-likeness (QED) is 0.906. The first kappa shape index (κ1) is 15.1. The Labute approximate surface area is 134 Å². The van der Waals surface area contributed by atoms with Crippen LogP contribution < -0.4 is 5.32 Å². The van der Waals surface area contributed by atoms with Gasteiger partial charge in [0.15, 0.2) is 0 Å². The Bertz CT molecular complexity index is 581. The lowest BCUT2D eigenvalue weighted by atomic mass is 9.98. The van der Waals surface area contributed by atoms with E-state index < -0.39 is 0 Å². The number of amides is 2. The van der Waals surface area contributed by atoms with Crippen LogP contribution in [-0.4, -0.2) is 34.2 Å². The van der Waals surface area contributed by atoms with Gasteiger partial charge in [0, 0.05) is 35.6 Å². The summed E-state index contributed by atoms with van der Waals surface area (Å²) in [6, 6.07) is 4.35. The van der Waals surface area contributed by atoms with Crippen LogP contribution in [0.3, 0.4) is 0 Å². The van der Waals surface area contributed by atoms with Crippen molar-refractivity contribution in [3.63, 3.8) is 0 Å². The molecule has 1 fully saturated rings. The molecule has 1 saturated heterocycles. The van der Waals surface area contributed by atoms with Crippen molar-refractivity contribution in [1.82, 2.24) is 20.4 Å². The number of thiophene rings is 1. The summed E-state index contributed by atoms with van der Waals surface area (Å²) in [5, 5.41) is 12.0. The second-order valence-electron chi connectivity index (χ2n) is 5.84. The number of nitrogens with one attached hydrogen (secondary N) is 2. The van der Waals surface area contributed by atoms with Crippen LogP contribution in [0.1, 0.15) is 48.6 Å². The van der Waals surface area contributed by atoms with E-state index in [2.05, 4.69) is 40.0 Å². The topological polar surface area (TPSA) is 61.0 Å². The molecule has 0 spiro atoms. The van der Waals surface area contributed by atoms with Gasteiger partial charge in [0.2, 0.25) is 0 Å². The third kappa shape index (κ3) is 3.32. The minimum Gasteiger partial charge on any atom is -0.337 e. The van der Waals surface area contributed by atoms with Crippen LogP contribution in [0.25, 0.3) is 0 Å². The molecule has 2 amide bonds. The molecule has 0 saturated carbocycles. The molecule has 5 nitrogen and oxygen atoms in total. The van der Waals surface area contributed by atoms with Crippen molar-refractivity contribution in [3.05, 3.63) is 40.3 Å². The normalized spacial score (nSPS) is 19.9. The Morgan fingerprint density at radius 3 is 3.23 bits per heavy atom. The summed E-state index contributed by atoms with van der Waals surface area (Å²) < 4.78 is 0. The molecule has 2 N–H and O–H groups in total. The van der Waals surface area contributed by atoms with Crippen LogP contribution in [0.5, 0.6) is 0 Å². The fourth-order valence-corrected chi connectivity index (χ4v) is 3.77. The lowest BCUT2D eigenvalue weighted by Crippen LogP contribution is -2.45. The predicted molar refractivity (Wildman–Crippen MR) is 88.0 cm³/mol. The SMILES string of the molecule is C[C@H](CNC(=O)N1CCCC[C@H]1c1cn[nH]c1)c1cccs1. The highest BCUT2D eigenvalue weighted by Gasteiger charge is 2.28. The zero-order chi connectivity index (χ0) is 15.4. The van der Waals surface area contributed by atoms with Crippen molar-refractivity contribution in [2.24, 2.45) is 0 Å². The monoisotopic (exact) mass is 318 g/mol. The van der Waals surface area contributed by atoms with Crippen LogP contribution in [0.4, 0.5) is 4.79 Å². The first-order chi connectivity index (χ1) is 10.8. The first-order valence-electron chi connectivity index (χ1n) is 7.82. The van der Waals surface area contributed by atoms with E-state index in [9.17, 15) is 4.79 Å². The van der Waals surface area contributed by atoms with Crippen molar-refractivity contribution in [2.45, 2.75) is 38.1 Å². The molecule has 0 aromatic carbocycles. The van der Waals surface area contributed by atoms with E-state index in [1.54, 1.807) is 11.3 Å². The van der Waals surface area contributed by atoms with Gasteiger partial charge in [-0.05, 0) is 30.7 Å². The minimum absolute atomic E-state index is 0.0364. The Balaban J connectivity index is 1.60. The van der Waals surface area contributed by atoms with Crippen LogP contribution in [-0.2, 0) is 0 Å². The molecule has 2 aromatic heterocycles. The lowest BCUT2D eigenvalue weighted by molar-refractivity contribution is 0.151. The maximum atomic E-state index is 12.6. The maximum absolute atomic E-state index is 12.6. The third-order valence-electron chi connectivity index (χ3n) is 4.26. The highest BCUT2D eigenvalue weighted by Crippen LogP contribution is 2.30. The molecular formula is C16H22N4OS. The smallest absolute Gasteiger partial charge is 0.317 e. The molecule has 22 heavy (non-hydrogen) atoms. The van der Waals surface area contributed by atoms with E-state index in [1.165, 1.54) is 4.88 Å². The van der Waals surface area contributed by atoms with Crippen molar-refractivity contribution in [2.75, 3.05) is 13.1 Å². The number of hydrogen-bond donors (Lipinski definition) is 2. The molecule has 0 bridgehead atoms. The molecule has 0 radical (unpaired) electrons. The fourth-order valence-electron chi connectivity index (χ4n) is 2.98. The summed E-state index contributed by atoms with van der Waals surface area (Å²) >= 11 is 1.74. The fraction of sp³-hybridized carbons (Fsp3) is 0.500. The summed E-state index contributed by atoms with van der Waals surface area (Å²) in [5.41, 5.74) is 1.10. The highest BCUT2D eigenvalue weighted by atomic mass is 32.1. The summed E-state index contributed by atoms with van der Waals surface area (Å²) in [7, 11) is 0. The average molecular weight is 318 g/mol. The van der Waals surface area contributed by atoms with Crippen molar-refractivity contribution < 1.29 is 4.79 Å². The molecular weight excluding hydrogens is 296 g/mol. The van der Waals surface area contributed by atoms with Gasteiger partial charge in [-0.1, -0.05) is 13.0 Å². The predicted octanol–water partition coefficient (Wildman–Crippen LogP) is 3.51. The number of carbonyl (C=O) groups excluding carboxylic acids is 1. The van der Waals surface area contributed by atoms with E-state index in [1.807, 2.05) is 17.3 Å². The molecule has 2 atom stereocenters. The summed E-state index contributed by atoms with van der Waals surface area (Å²) in [6.07, 6.45) is 6.95. The Hall–Kier alpha value is -1.82. The van der Waals surface area contributed by atoms with Gasteiger partial charge in [0.1, 0.15) is 0 Å². The van der Waals surface area contributed by atoms with Gasteiger partial charge in [-0.15, -0.1) is 11.3 Å². The molecule has 1 aliphatic heterocycles. The standard InChI is InChI=1S/C16H22N4OS/c1-12(15-6-4-8-22-15)9-17-16(21)20-7-3-2-5-14(20)13-10-18-19-11-13/h4,6,8,10-12,14H,2-3,5,7,9H2,1H3,(H,17,21)(H,18,19)/t12-,14+/m1/s1. The van der Waals surface area contributed by atoms with Crippen LogP contribution in [0, 0.1) is 0 Å². The number of hydrogen-bond acceptors (Lipinski definition) is 3. The largest absolute Gasteiger partial charge is 0.337 e. The van der Waals surface area contributed by atoms with E-state index in [0.717, 1.165) is 31.4 Å². The van der Waals surface area contributed by atoms with Crippen molar-refractivity contribution in [1.29, 1.82) is 0 Å². The highest BCUT2D eigenvalue weighted by molar-refractivity contribution is 7.10. The summed E-state index contributed by atoms with van der Waals surface area (Å²) in [6.45, 7) is 3.64. The molecule has 0 unspecified atom stereocenters. The minimum atomic E-state index is 0.0364. The number of likely N-dealkylation sites (tertiary alicyclic amines) is 1. The first-order valence-corrected chi connectivity index (χ1v) is 8.70. The van der Waals surface area contributed by atoms with Gasteiger partial charge in [-0.25, -0.2) is 4.79 Å². The number of urea groups is 1. The van der Waals surface area contributed by atoms with Crippen molar-refractivity contribution in [3.8, 4) is 0 Å². The molecule has 3 rings (SSSR count). The van der Waals surface area contributed by atoms with Gasteiger partial charge >= 0.3 is 6.03 Å². The van der Waals surface area contributed by atoms with E-state index in [-0.39, 0.29) is 12.1 Å². The Kier molecular flexibility index (Phi) is 4.77. The van der Waals surface area contributed by atoms with E-state index >= 15 is 0 Å². The molecule has 1 aliphatic rings. The number of aromatic amines is 1. The number of rotatable bonds is 4. The summed E-state index contributed by atoms with van der Waals surface area (Å²) in [4.78, 5) is 15.8. The maximum Gasteiger partial charge on any atom is 0.317 e. The van der Waals surface area contributed by atoms with Gasteiger partial charge in [0.05, 0.1) is 12.2 Å². The second kappa shape index (κ2) is 6.96. The van der Waals surface area contributed by atoms with Crippen molar-refractivity contribution >= 4 is 17.4 Å². The zero-order valence-electron chi connectivity index (χ0n) is 12.8. The van der Waals surface area contributed by atoms with Crippen LogP contribution in [0.2, 0.25) is 0 Å². The van der Waals surface area contributed by atoms with Gasteiger partial charge < -0.3 is 10.2 Å². The van der Waals surface area contributed by atoms with Gasteiger partial charge in [-0.3, -0.25) is 5.10 Å². The Morgan fingerprint density at radius 2 is 2.50 bits per heavy atom. The molecule has 2 aromatic rings. The van der Waals surface area contributed by atoms with Crippen LogP contribution in [0.15, 0.2) is 29.9 Å². The molecule has 0 aliphatic carbocycles. The number of nitrogens with zero attached hydrogens (tertiary/aromatic N) is 2. The number of carbonyl (C=O) groups is 1. The van der Waals surface area contributed by atoms with Crippen LogP contribution >= 0.6 is 11.3 Å². The summed E-state index contributed by atoms with van der Waals surface area (Å²) in [5.74, 6) is 0.348. The lowest BCUT2D eigenvalue weighted by Gasteiger charge is -2.35. The molecule has 3 heterocycles. The number of H-pyrrole nitrogens is 1. The van der Waals surface area contributed by atoms with Gasteiger partial charge in [0.25, 0.3) is 0 Å². The number of piperidine rings is 1. The van der Waals surface area contributed by atoms with E-state index in [4.69, 9.17) is 0 Å². The molecule has 6 heteroatoms. The van der Waals surface area contributed by atoms with Gasteiger partial charge in [-0.2, -0.15) is 5.10 Å². The van der Waals surface area contributed by atoms with E-state index in [0.29, 0.717) is 12.5 Å². The third-order valence-corrected chi connectivity index (χ3v) is 5.36.